The van der Waals surface area contributed by atoms with Crippen LogP contribution in [0.4, 0.5) is 24.5 Å². The average molecular weight is 613 g/mol. The fourth-order valence-electron chi connectivity index (χ4n) is 5.18. The van der Waals surface area contributed by atoms with E-state index in [9.17, 15) is 18.0 Å². The number of hydrogen-bond donors (Lipinski definition) is 1. The molecule has 2 heterocycles. The maximum absolute atomic E-state index is 14.9. The van der Waals surface area contributed by atoms with Gasteiger partial charge in [-0.25, -0.2) is 0 Å². The van der Waals surface area contributed by atoms with Gasteiger partial charge in [-0.15, -0.1) is 0 Å². The molecule has 0 spiro atoms. The van der Waals surface area contributed by atoms with Gasteiger partial charge in [0.1, 0.15) is 17.1 Å². The number of anilines is 2. The number of thioether (sulfide) groups is 1. The lowest BCUT2D eigenvalue weighted by molar-refractivity contribution is -0.138. The minimum atomic E-state index is -4.74. The number of carbonyl (C=O) groups excluding carboxylic acids is 1. The summed E-state index contributed by atoms with van der Waals surface area (Å²) in [7, 11) is 5.86. The van der Waals surface area contributed by atoms with Gasteiger partial charge < -0.3 is 24.4 Å². The zero-order valence-corrected chi connectivity index (χ0v) is 26.1. The number of rotatable bonds is 10. The summed E-state index contributed by atoms with van der Waals surface area (Å²) in [5, 5.41) is 4.45. The van der Waals surface area contributed by atoms with Crippen LogP contribution in [0.2, 0.25) is 0 Å². The topological polar surface area (TPSA) is 49.7 Å². The number of para-hydroxylation sites is 1. The van der Waals surface area contributed by atoms with Crippen molar-refractivity contribution in [3.63, 3.8) is 0 Å². The summed E-state index contributed by atoms with van der Waals surface area (Å²) < 4.78 is 52.5. The molecule has 1 unspecified atom stereocenters. The van der Waals surface area contributed by atoms with Crippen molar-refractivity contribution in [1.29, 1.82) is 0 Å². The first-order chi connectivity index (χ1) is 20.3. The third kappa shape index (κ3) is 8.06. The molecule has 6 nitrogen and oxygen atoms in total. The number of amides is 1. The van der Waals surface area contributed by atoms with Crippen molar-refractivity contribution in [2.45, 2.75) is 38.9 Å². The van der Waals surface area contributed by atoms with E-state index in [1.165, 1.54) is 23.9 Å². The van der Waals surface area contributed by atoms with Crippen LogP contribution in [0.1, 0.15) is 37.8 Å². The number of nitrogens with one attached hydrogen (secondary N) is 1. The Balaban J connectivity index is 1.71. The molecular formula is C33H39F3N4O2S. The molecule has 1 fully saturated rings. The molecule has 2 aromatic carbocycles. The van der Waals surface area contributed by atoms with E-state index in [-0.39, 0.29) is 29.1 Å². The van der Waals surface area contributed by atoms with Crippen molar-refractivity contribution in [1.82, 2.24) is 9.47 Å². The molecule has 10 heteroatoms. The van der Waals surface area contributed by atoms with Crippen LogP contribution in [0.3, 0.4) is 0 Å². The number of halogens is 3. The van der Waals surface area contributed by atoms with Gasteiger partial charge in [0, 0.05) is 54.6 Å². The highest BCUT2D eigenvalue weighted by Crippen LogP contribution is 2.48. The third-order valence-corrected chi connectivity index (χ3v) is 8.79. The maximum atomic E-state index is 14.9. The molecule has 1 N–H and O–H groups in total. The lowest BCUT2D eigenvalue weighted by Crippen LogP contribution is -2.45. The lowest BCUT2D eigenvalue weighted by Gasteiger charge is -2.41. The average Bonchev–Trinajstić information content (AvgIpc) is 3.42. The minimum Gasteiger partial charge on any atom is -0.457 e. The number of alkyl halides is 3. The summed E-state index contributed by atoms with van der Waals surface area (Å²) in [6.07, 6.45) is 0.720. The van der Waals surface area contributed by atoms with Gasteiger partial charge in [0.15, 0.2) is 0 Å². The van der Waals surface area contributed by atoms with Crippen molar-refractivity contribution >= 4 is 33.9 Å². The van der Waals surface area contributed by atoms with Crippen molar-refractivity contribution in [3.05, 3.63) is 89.6 Å². The van der Waals surface area contributed by atoms with Gasteiger partial charge in [-0.3, -0.25) is 4.79 Å². The van der Waals surface area contributed by atoms with E-state index in [4.69, 9.17) is 4.74 Å². The minimum absolute atomic E-state index is 0.0703. The number of nitrogens with zero attached hydrogens (tertiary/aromatic N) is 3. The summed E-state index contributed by atoms with van der Waals surface area (Å²) in [6.45, 7) is 8.64. The second-order valence-electron chi connectivity index (χ2n) is 11.2. The highest BCUT2D eigenvalue weighted by molar-refractivity contribution is 8.10. The second-order valence-corrected chi connectivity index (χ2v) is 12.1. The van der Waals surface area contributed by atoms with Gasteiger partial charge in [0.05, 0.1) is 11.4 Å². The van der Waals surface area contributed by atoms with E-state index in [2.05, 4.69) is 23.7 Å². The van der Waals surface area contributed by atoms with Crippen LogP contribution >= 0.6 is 11.8 Å². The monoisotopic (exact) mass is 612 g/mol. The Bertz CT molecular complexity index is 1470. The van der Waals surface area contributed by atoms with E-state index in [0.29, 0.717) is 24.4 Å². The van der Waals surface area contributed by atoms with Crippen molar-refractivity contribution in [2.24, 2.45) is 13.0 Å². The molecular weight excluding hydrogens is 573 g/mol. The second kappa shape index (κ2) is 13.8. The highest BCUT2D eigenvalue weighted by atomic mass is 32.2. The summed E-state index contributed by atoms with van der Waals surface area (Å²) in [5.74, 6) is -0.358. The highest BCUT2D eigenvalue weighted by Gasteiger charge is 2.42. The van der Waals surface area contributed by atoms with Crippen molar-refractivity contribution in [3.8, 4) is 11.5 Å². The van der Waals surface area contributed by atoms with Crippen LogP contribution in [-0.2, 0) is 18.0 Å². The number of aromatic nitrogens is 1. The Hall–Kier alpha value is -3.63. The molecule has 0 bridgehead atoms. The summed E-state index contributed by atoms with van der Waals surface area (Å²) in [5.41, 5.74) is 0.397. The number of carbonyl (C=O) groups is 1. The first-order valence-corrected chi connectivity index (χ1v) is 15.1. The number of ether oxygens (including phenoxy) is 1. The summed E-state index contributed by atoms with van der Waals surface area (Å²) in [4.78, 5) is 17.9. The Morgan fingerprint density at radius 1 is 1.19 bits per heavy atom. The van der Waals surface area contributed by atoms with Crippen molar-refractivity contribution < 1.29 is 22.7 Å². The smallest absolute Gasteiger partial charge is 0.422 e. The van der Waals surface area contributed by atoms with E-state index >= 15 is 0 Å². The van der Waals surface area contributed by atoms with E-state index in [0.717, 1.165) is 23.3 Å². The Morgan fingerprint density at radius 2 is 1.91 bits per heavy atom. The molecule has 1 amide bonds. The Morgan fingerprint density at radius 3 is 2.53 bits per heavy atom. The van der Waals surface area contributed by atoms with Crippen LogP contribution in [0.25, 0.3) is 4.91 Å². The molecule has 4 rings (SSSR count). The number of aryl methyl sites for hydroxylation is 1. The Kier molecular flexibility index (Phi) is 10.3. The third-order valence-electron chi connectivity index (χ3n) is 7.80. The van der Waals surface area contributed by atoms with Crippen molar-refractivity contribution in [2.75, 3.05) is 37.4 Å². The molecule has 0 saturated carbocycles. The Labute approximate surface area is 256 Å². The number of hydrogen-bond acceptors (Lipinski definition) is 5. The fraction of sp³-hybridized carbons (Fsp3) is 0.364. The van der Waals surface area contributed by atoms with Gasteiger partial charge in [0.2, 0.25) is 0 Å². The van der Waals surface area contributed by atoms with Gasteiger partial charge in [0.25, 0.3) is 5.91 Å². The fourth-order valence-corrected chi connectivity index (χ4v) is 5.86. The van der Waals surface area contributed by atoms with Crippen LogP contribution in [-0.4, -0.2) is 48.6 Å². The summed E-state index contributed by atoms with van der Waals surface area (Å²) in [6, 6.07) is 13.3. The molecule has 2 atom stereocenters. The molecule has 1 aromatic heterocycles. The molecule has 1 saturated heterocycles. The SMILES string of the molecule is C=C(S/C=C(\C)C(=O)Nc1ccc(Oc2ccccc2)c(C(F)(F)F)c1N1CCC[C@H](C(C)N(C)C)C1)c1ccn(C)c1. The molecule has 43 heavy (non-hydrogen) atoms. The van der Waals surface area contributed by atoms with Crippen LogP contribution < -0.4 is 15.0 Å². The predicted octanol–water partition coefficient (Wildman–Crippen LogP) is 8.25. The zero-order valence-electron chi connectivity index (χ0n) is 25.2. The molecule has 230 valence electrons. The predicted molar refractivity (Wildman–Crippen MR) is 170 cm³/mol. The zero-order chi connectivity index (χ0) is 31.3. The van der Waals surface area contributed by atoms with E-state index in [1.54, 1.807) is 47.6 Å². The summed E-state index contributed by atoms with van der Waals surface area (Å²) >= 11 is 1.29. The van der Waals surface area contributed by atoms with Crippen LogP contribution in [0.5, 0.6) is 11.5 Å². The standard InChI is InChI=1S/C33H39F3N4O2S/c1-22(21-43-24(3)26-16-18-39(6)19-26)32(41)37-28-14-15-29(42-27-12-8-7-9-13-27)30(33(34,35)36)31(28)40-17-10-11-25(20-40)23(2)38(4)5/h7-9,12-16,18-19,21,23,25H,3,10-11,17,20H2,1-2,4-6H3,(H,37,41)/b22-21+/t23?,25-/m0/s1. The van der Waals surface area contributed by atoms with Crippen LogP contribution in [0, 0.1) is 5.92 Å². The molecule has 0 aliphatic carbocycles. The first-order valence-electron chi connectivity index (χ1n) is 14.2. The maximum Gasteiger partial charge on any atom is 0.422 e. The quantitative estimate of drug-likeness (QED) is 0.234. The van der Waals surface area contributed by atoms with Gasteiger partial charge >= 0.3 is 6.18 Å². The van der Waals surface area contributed by atoms with Crippen LogP contribution in [0.15, 0.2) is 78.5 Å². The van der Waals surface area contributed by atoms with Gasteiger partial charge in [-0.1, -0.05) is 36.5 Å². The molecule has 1 aliphatic rings. The molecule has 1 aliphatic heterocycles. The van der Waals surface area contributed by atoms with Gasteiger partial charge in [-0.2, -0.15) is 13.2 Å². The molecule has 3 aromatic rings. The van der Waals surface area contributed by atoms with E-state index < -0.39 is 17.6 Å². The number of piperidine rings is 1. The normalized spacial score (nSPS) is 16.7. The first kappa shape index (κ1) is 32.3. The number of benzene rings is 2. The lowest BCUT2D eigenvalue weighted by atomic mass is 9.90. The van der Waals surface area contributed by atoms with Gasteiger partial charge in [-0.05, 0) is 82.4 Å². The van der Waals surface area contributed by atoms with E-state index in [1.807, 2.05) is 44.2 Å². The molecule has 0 radical (unpaired) electrons. The largest absolute Gasteiger partial charge is 0.457 e.